The number of rotatable bonds is 4. The Morgan fingerprint density at radius 1 is 1.16 bits per heavy atom. The minimum atomic E-state index is -0.378. The summed E-state index contributed by atoms with van der Waals surface area (Å²) in [6.45, 7) is 4.63. The van der Waals surface area contributed by atoms with Crippen molar-refractivity contribution in [2.75, 3.05) is 5.32 Å². The Morgan fingerprint density at radius 2 is 1.95 bits per heavy atom. The lowest BCUT2D eigenvalue weighted by molar-refractivity contribution is -0.384. The zero-order valence-corrected chi connectivity index (χ0v) is 11.0. The lowest BCUT2D eigenvalue weighted by Gasteiger charge is -2.09. The number of non-ortho nitro benzene ring substituents is 1. The Hall–Kier alpha value is -2.36. The van der Waals surface area contributed by atoms with E-state index in [4.69, 9.17) is 0 Å². The third kappa shape index (κ3) is 3.31. The molecule has 0 aliphatic heterocycles. The number of hydrogen-bond acceptors (Lipinski definition) is 3. The summed E-state index contributed by atoms with van der Waals surface area (Å²) in [6.07, 6.45) is 0. The number of aryl methyl sites for hydroxylation is 2. The molecule has 4 nitrogen and oxygen atoms in total. The van der Waals surface area contributed by atoms with E-state index in [1.165, 1.54) is 17.2 Å². The van der Waals surface area contributed by atoms with Gasteiger partial charge in [-0.3, -0.25) is 10.1 Å². The van der Waals surface area contributed by atoms with Crippen molar-refractivity contribution in [2.24, 2.45) is 0 Å². The summed E-state index contributed by atoms with van der Waals surface area (Å²) in [5, 5.41) is 14.0. The first-order valence-corrected chi connectivity index (χ1v) is 6.11. The maximum Gasteiger partial charge on any atom is 0.269 e. The normalized spacial score (nSPS) is 10.2. The number of benzene rings is 2. The third-order valence-corrected chi connectivity index (χ3v) is 2.99. The van der Waals surface area contributed by atoms with E-state index in [0.717, 1.165) is 11.3 Å². The molecule has 98 valence electrons. The molecule has 19 heavy (non-hydrogen) atoms. The van der Waals surface area contributed by atoms with E-state index in [2.05, 4.69) is 30.4 Å². The van der Waals surface area contributed by atoms with Gasteiger partial charge in [0.1, 0.15) is 0 Å². The van der Waals surface area contributed by atoms with Crippen LogP contribution in [0, 0.1) is 24.0 Å². The summed E-state index contributed by atoms with van der Waals surface area (Å²) in [5.41, 5.74) is 4.34. The van der Waals surface area contributed by atoms with Crippen molar-refractivity contribution < 1.29 is 4.92 Å². The van der Waals surface area contributed by atoms with Gasteiger partial charge in [0.2, 0.25) is 0 Å². The highest BCUT2D eigenvalue weighted by Crippen LogP contribution is 2.21. The van der Waals surface area contributed by atoms with Crippen LogP contribution >= 0.6 is 0 Å². The van der Waals surface area contributed by atoms with Crippen LogP contribution in [0.25, 0.3) is 0 Å². The maximum absolute atomic E-state index is 10.7. The van der Waals surface area contributed by atoms with E-state index < -0.39 is 0 Å². The van der Waals surface area contributed by atoms with Crippen LogP contribution in [0.4, 0.5) is 11.4 Å². The van der Waals surface area contributed by atoms with Crippen LogP contribution in [-0.2, 0) is 6.54 Å². The summed E-state index contributed by atoms with van der Waals surface area (Å²) in [7, 11) is 0. The highest BCUT2D eigenvalue weighted by atomic mass is 16.6. The molecule has 1 N–H and O–H groups in total. The second kappa shape index (κ2) is 5.52. The molecule has 0 aliphatic carbocycles. The molecule has 0 radical (unpaired) electrons. The van der Waals surface area contributed by atoms with Crippen LogP contribution in [0.15, 0.2) is 42.5 Å². The molecule has 0 amide bonds. The largest absolute Gasteiger partial charge is 0.381 e. The second-order valence-corrected chi connectivity index (χ2v) is 4.60. The lowest BCUT2D eigenvalue weighted by Crippen LogP contribution is -2.01. The Balaban J connectivity index is 2.10. The molecule has 0 spiro atoms. The number of hydrogen-bond donors (Lipinski definition) is 1. The average Bonchev–Trinajstić information content (AvgIpc) is 2.37. The highest BCUT2D eigenvalue weighted by Gasteiger charge is 2.07. The van der Waals surface area contributed by atoms with Gasteiger partial charge in [-0.05, 0) is 31.0 Å². The molecular formula is C15H16N2O2. The van der Waals surface area contributed by atoms with Gasteiger partial charge in [-0.25, -0.2) is 0 Å². The summed E-state index contributed by atoms with van der Waals surface area (Å²) >= 11 is 0. The fraction of sp³-hybridized carbons (Fsp3) is 0.200. The summed E-state index contributed by atoms with van der Waals surface area (Å²) in [6, 6.07) is 13.1. The number of nitro groups is 1. The molecular weight excluding hydrogens is 240 g/mol. The third-order valence-electron chi connectivity index (χ3n) is 2.99. The monoisotopic (exact) mass is 256 g/mol. The minimum absolute atomic E-state index is 0.124. The van der Waals surface area contributed by atoms with E-state index in [9.17, 15) is 10.1 Å². The first-order valence-electron chi connectivity index (χ1n) is 6.11. The van der Waals surface area contributed by atoms with Gasteiger partial charge >= 0.3 is 0 Å². The van der Waals surface area contributed by atoms with Gasteiger partial charge in [-0.15, -0.1) is 0 Å². The van der Waals surface area contributed by atoms with Crippen molar-refractivity contribution in [1.29, 1.82) is 0 Å². The Kier molecular flexibility index (Phi) is 3.80. The van der Waals surface area contributed by atoms with Gasteiger partial charge in [0.05, 0.1) is 4.92 Å². The molecule has 2 aromatic carbocycles. The topological polar surface area (TPSA) is 55.2 Å². The van der Waals surface area contributed by atoms with E-state index in [1.807, 2.05) is 13.0 Å². The first kappa shape index (κ1) is 13.1. The Labute approximate surface area is 112 Å². The molecule has 0 saturated heterocycles. The molecule has 4 heteroatoms. The Bertz CT molecular complexity index is 609. The SMILES string of the molecule is Cc1cccc(CNc2ccc([N+](=O)[O-])cc2C)c1. The van der Waals surface area contributed by atoms with Crippen LogP contribution in [0.3, 0.4) is 0 Å². The zero-order valence-electron chi connectivity index (χ0n) is 11.0. The van der Waals surface area contributed by atoms with E-state index in [0.29, 0.717) is 6.54 Å². The first-order chi connectivity index (χ1) is 9.06. The van der Waals surface area contributed by atoms with E-state index >= 15 is 0 Å². The molecule has 2 aromatic rings. The van der Waals surface area contributed by atoms with E-state index in [-0.39, 0.29) is 10.6 Å². The van der Waals surface area contributed by atoms with Crippen LogP contribution in [0.2, 0.25) is 0 Å². The molecule has 0 aliphatic rings. The summed E-state index contributed by atoms with van der Waals surface area (Å²) in [5.74, 6) is 0. The fourth-order valence-electron chi connectivity index (χ4n) is 1.98. The van der Waals surface area contributed by atoms with Crippen molar-refractivity contribution in [1.82, 2.24) is 0 Å². The predicted octanol–water partition coefficient (Wildman–Crippen LogP) is 3.82. The maximum atomic E-state index is 10.7. The van der Waals surface area contributed by atoms with Gasteiger partial charge in [0.15, 0.2) is 0 Å². The van der Waals surface area contributed by atoms with Gasteiger partial charge in [-0.1, -0.05) is 29.8 Å². The number of anilines is 1. The predicted molar refractivity (Wildman–Crippen MR) is 76.3 cm³/mol. The molecule has 0 saturated carbocycles. The molecule has 0 atom stereocenters. The van der Waals surface area contributed by atoms with Gasteiger partial charge in [0.25, 0.3) is 5.69 Å². The van der Waals surface area contributed by atoms with Gasteiger partial charge in [-0.2, -0.15) is 0 Å². The number of nitrogens with zero attached hydrogens (tertiary/aromatic N) is 1. The molecule has 2 rings (SSSR count). The fourth-order valence-corrected chi connectivity index (χ4v) is 1.98. The summed E-state index contributed by atoms with van der Waals surface area (Å²) < 4.78 is 0. The summed E-state index contributed by atoms with van der Waals surface area (Å²) in [4.78, 5) is 10.3. The molecule has 0 heterocycles. The van der Waals surface area contributed by atoms with Gasteiger partial charge in [0, 0.05) is 24.4 Å². The van der Waals surface area contributed by atoms with Crippen molar-refractivity contribution in [3.63, 3.8) is 0 Å². The average molecular weight is 256 g/mol. The van der Waals surface area contributed by atoms with Crippen LogP contribution in [0.1, 0.15) is 16.7 Å². The van der Waals surface area contributed by atoms with Crippen molar-refractivity contribution in [3.05, 3.63) is 69.3 Å². The highest BCUT2D eigenvalue weighted by molar-refractivity contribution is 5.55. The molecule has 0 aromatic heterocycles. The van der Waals surface area contributed by atoms with Crippen LogP contribution in [-0.4, -0.2) is 4.92 Å². The van der Waals surface area contributed by atoms with Gasteiger partial charge < -0.3 is 5.32 Å². The lowest BCUT2D eigenvalue weighted by atomic mass is 10.1. The van der Waals surface area contributed by atoms with Crippen molar-refractivity contribution >= 4 is 11.4 Å². The van der Waals surface area contributed by atoms with E-state index in [1.54, 1.807) is 12.1 Å². The van der Waals surface area contributed by atoms with Crippen LogP contribution in [0.5, 0.6) is 0 Å². The van der Waals surface area contributed by atoms with Crippen molar-refractivity contribution in [3.8, 4) is 0 Å². The zero-order chi connectivity index (χ0) is 13.8. The second-order valence-electron chi connectivity index (χ2n) is 4.60. The Morgan fingerprint density at radius 3 is 2.58 bits per heavy atom. The number of nitro benzene ring substituents is 1. The molecule has 0 fully saturated rings. The molecule has 0 unspecified atom stereocenters. The minimum Gasteiger partial charge on any atom is -0.381 e. The number of nitrogens with one attached hydrogen (secondary N) is 1. The molecule has 0 bridgehead atoms. The van der Waals surface area contributed by atoms with Crippen molar-refractivity contribution in [2.45, 2.75) is 20.4 Å². The standard InChI is InChI=1S/C15H16N2O2/c1-11-4-3-5-13(8-11)10-16-15-7-6-14(17(18)19)9-12(15)2/h3-9,16H,10H2,1-2H3. The smallest absolute Gasteiger partial charge is 0.269 e. The quantitative estimate of drug-likeness (QED) is 0.668. The van der Waals surface area contributed by atoms with Crippen LogP contribution < -0.4 is 5.32 Å².